The van der Waals surface area contributed by atoms with Crippen LogP contribution in [0.3, 0.4) is 0 Å². The lowest BCUT2D eigenvalue weighted by atomic mass is 10.3. The molecule has 4 heteroatoms. The molecule has 14 heavy (non-hydrogen) atoms. The Kier molecular flexibility index (Phi) is 3.04. The third kappa shape index (κ3) is 2.00. The first-order chi connectivity index (χ1) is 6.38. The summed E-state index contributed by atoms with van der Waals surface area (Å²) in [5.41, 5.74) is 5.48. The van der Waals surface area contributed by atoms with E-state index in [0.717, 1.165) is 5.75 Å². The van der Waals surface area contributed by atoms with Gasteiger partial charge in [0.05, 0.1) is 4.90 Å². The lowest BCUT2D eigenvalue weighted by Gasteiger charge is -2.30. The quantitative estimate of drug-likeness (QED) is 0.760. The molecule has 0 bridgehead atoms. The highest BCUT2D eigenvalue weighted by atomic mass is 32.3. The molecule has 2 N–H and O–H groups in total. The van der Waals surface area contributed by atoms with Crippen molar-refractivity contribution in [3.05, 3.63) is 23.8 Å². The smallest absolute Gasteiger partial charge is 0.140 e. The van der Waals surface area contributed by atoms with Crippen LogP contribution >= 0.6 is 10.0 Å². The fourth-order valence-electron chi connectivity index (χ4n) is 1.25. The predicted molar refractivity (Wildman–Crippen MR) is 59.0 cm³/mol. The van der Waals surface area contributed by atoms with Crippen molar-refractivity contribution >= 4 is 15.7 Å². The zero-order valence-electron chi connectivity index (χ0n) is 8.60. The summed E-state index contributed by atoms with van der Waals surface area (Å²) in [5, 5.41) is 0. The normalized spacial score (nSPS) is 12.9. The molecular weight excluding hydrogens is 204 g/mol. The van der Waals surface area contributed by atoms with Gasteiger partial charge in [-0.1, -0.05) is 6.92 Å². The number of anilines is 1. The maximum absolute atomic E-state index is 13.5. The van der Waals surface area contributed by atoms with Gasteiger partial charge in [-0.2, -0.15) is 0 Å². The van der Waals surface area contributed by atoms with Crippen LogP contribution in [-0.2, 0) is 0 Å². The molecule has 1 aromatic rings. The molecule has 0 unspecified atom stereocenters. The fraction of sp³-hybridized carbons (Fsp3) is 0.400. The van der Waals surface area contributed by atoms with Crippen LogP contribution in [0.5, 0.6) is 0 Å². The van der Waals surface area contributed by atoms with Crippen LogP contribution in [0.2, 0.25) is 0 Å². The second-order valence-corrected chi connectivity index (χ2v) is 7.70. The first-order valence-electron chi connectivity index (χ1n) is 4.34. The minimum atomic E-state index is -1.38. The highest BCUT2D eigenvalue weighted by Gasteiger charge is 2.21. The standard InChI is InChI=1S/C10H15F2NS/c1-4-14(2,3)10-8(11)5-7(13)6-9(10)12/h5-6H,4,13H2,1-3H3. The monoisotopic (exact) mass is 219 g/mol. The summed E-state index contributed by atoms with van der Waals surface area (Å²) in [6, 6.07) is 2.37. The van der Waals surface area contributed by atoms with Crippen molar-refractivity contribution in [2.45, 2.75) is 11.8 Å². The van der Waals surface area contributed by atoms with Crippen LogP contribution in [0.25, 0.3) is 0 Å². The van der Waals surface area contributed by atoms with E-state index in [-0.39, 0.29) is 10.6 Å². The van der Waals surface area contributed by atoms with Crippen LogP contribution in [0, 0.1) is 11.6 Å². The van der Waals surface area contributed by atoms with Crippen molar-refractivity contribution in [1.82, 2.24) is 0 Å². The maximum atomic E-state index is 13.5. The molecule has 0 aromatic heterocycles. The summed E-state index contributed by atoms with van der Waals surface area (Å²) in [6.07, 6.45) is 3.79. The van der Waals surface area contributed by atoms with Gasteiger partial charge in [-0.3, -0.25) is 0 Å². The van der Waals surface area contributed by atoms with E-state index in [4.69, 9.17) is 5.73 Å². The summed E-state index contributed by atoms with van der Waals surface area (Å²) >= 11 is 0. The molecule has 0 saturated carbocycles. The van der Waals surface area contributed by atoms with Crippen LogP contribution in [0.1, 0.15) is 6.92 Å². The summed E-state index contributed by atoms with van der Waals surface area (Å²) < 4.78 is 27.0. The number of hydrogen-bond acceptors (Lipinski definition) is 1. The van der Waals surface area contributed by atoms with Gasteiger partial charge in [0.15, 0.2) is 0 Å². The van der Waals surface area contributed by atoms with Gasteiger partial charge in [-0.05, 0) is 30.4 Å². The predicted octanol–water partition coefficient (Wildman–Crippen LogP) is 2.99. The molecular formula is C10H15F2NS. The number of rotatable bonds is 2. The zero-order chi connectivity index (χ0) is 10.9. The summed E-state index contributed by atoms with van der Waals surface area (Å²) in [7, 11) is -1.38. The minimum absolute atomic E-state index is 0.134. The van der Waals surface area contributed by atoms with Crippen molar-refractivity contribution in [3.8, 4) is 0 Å². The average Bonchev–Trinajstić information content (AvgIpc) is 2.01. The second kappa shape index (κ2) is 3.77. The summed E-state index contributed by atoms with van der Waals surface area (Å²) in [5.74, 6) is -0.293. The number of hydrogen-bond donors (Lipinski definition) is 1. The number of nitrogen functional groups attached to an aromatic ring is 1. The lowest BCUT2D eigenvalue weighted by Crippen LogP contribution is -2.06. The summed E-state index contributed by atoms with van der Waals surface area (Å²) in [4.78, 5) is 0.203. The van der Waals surface area contributed by atoms with E-state index in [1.807, 2.05) is 19.4 Å². The first kappa shape index (κ1) is 11.3. The van der Waals surface area contributed by atoms with Crippen LogP contribution in [0.4, 0.5) is 14.5 Å². The molecule has 0 aliphatic carbocycles. The van der Waals surface area contributed by atoms with E-state index in [9.17, 15) is 8.78 Å². The van der Waals surface area contributed by atoms with Gasteiger partial charge < -0.3 is 5.73 Å². The Morgan fingerprint density at radius 3 is 2.00 bits per heavy atom. The zero-order valence-corrected chi connectivity index (χ0v) is 9.42. The Labute approximate surface area is 84.6 Å². The van der Waals surface area contributed by atoms with Crippen LogP contribution in [-0.4, -0.2) is 18.3 Å². The number of nitrogens with two attached hydrogens (primary N) is 1. The Morgan fingerprint density at radius 2 is 1.64 bits per heavy atom. The molecule has 80 valence electrons. The Hall–Kier alpha value is -0.770. The molecule has 0 aliphatic heterocycles. The first-order valence-corrected chi connectivity index (χ1v) is 6.96. The topological polar surface area (TPSA) is 26.0 Å². The summed E-state index contributed by atoms with van der Waals surface area (Å²) in [6.45, 7) is 1.94. The van der Waals surface area contributed by atoms with Crippen molar-refractivity contribution in [2.24, 2.45) is 0 Å². The third-order valence-corrected chi connectivity index (χ3v) is 5.23. The molecule has 0 heterocycles. The number of halogens is 2. The van der Waals surface area contributed by atoms with E-state index >= 15 is 0 Å². The molecule has 0 saturated heterocycles. The van der Waals surface area contributed by atoms with Crippen molar-refractivity contribution in [2.75, 3.05) is 24.0 Å². The Bertz CT molecular complexity index is 327. The highest BCUT2D eigenvalue weighted by Crippen LogP contribution is 2.51. The van der Waals surface area contributed by atoms with E-state index in [1.54, 1.807) is 0 Å². The van der Waals surface area contributed by atoms with E-state index < -0.39 is 21.7 Å². The molecule has 0 amide bonds. The highest BCUT2D eigenvalue weighted by molar-refractivity contribution is 8.32. The van der Waals surface area contributed by atoms with E-state index in [0.29, 0.717) is 0 Å². The molecule has 1 nitrogen and oxygen atoms in total. The molecule has 1 aromatic carbocycles. The largest absolute Gasteiger partial charge is 0.399 e. The van der Waals surface area contributed by atoms with Crippen molar-refractivity contribution in [1.29, 1.82) is 0 Å². The molecule has 0 aliphatic rings. The molecule has 0 radical (unpaired) electrons. The van der Waals surface area contributed by atoms with Gasteiger partial charge >= 0.3 is 0 Å². The van der Waals surface area contributed by atoms with Gasteiger partial charge in [0.2, 0.25) is 0 Å². The van der Waals surface area contributed by atoms with E-state index in [1.165, 1.54) is 12.1 Å². The van der Waals surface area contributed by atoms with Gasteiger partial charge in [0.1, 0.15) is 11.6 Å². The van der Waals surface area contributed by atoms with Gasteiger partial charge in [-0.25, -0.2) is 18.8 Å². The molecule has 0 atom stereocenters. The van der Waals surface area contributed by atoms with Crippen LogP contribution in [0.15, 0.2) is 17.0 Å². The second-order valence-electron chi connectivity index (χ2n) is 3.64. The van der Waals surface area contributed by atoms with Crippen LogP contribution < -0.4 is 5.73 Å². The maximum Gasteiger partial charge on any atom is 0.140 e. The van der Waals surface area contributed by atoms with Crippen molar-refractivity contribution in [3.63, 3.8) is 0 Å². The Balaban J connectivity index is 3.35. The molecule has 1 rings (SSSR count). The average molecular weight is 219 g/mol. The van der Waals surface area contributed by atoms with Crippen molar-refractivity contribution < 1.29 is 8.78 Å². The van der Waals surface area contributed by atoms with Gasteiger partial charge in [0, 0.05) is 5.69 Å². The molecule has 0 fully saturated rings. The number of benzene rings is 1. The third-order valence-electron chi connectivity index (χ3n) is 2.29. The van der Waals surface area contributed by atoms with Gasteiger partial charge in [0.25, 0.3) is 0 Å². The fourth-order valence-corrected chi connectivity index (χ4v) is 2.71. The lowest BCUT2D eigenvalue weighted by molar-refractivity contribution is 0.540. The SMILES string of the molecule is CCS(C)(C)c1c(F)cc(N)cc1F. The molecule has 0 spiro atoms. The van der Waals surface area contributed by atoms with Gasteiger partial charge in [-0.15, -0.1) is 0 Å². The minimum Gasteiger partial charge on any atom is -0.399 e. The Morgan fingerprint density at radius 1 is 1.21 bits per heavy atom. The van der Waals surface area contributed by atoms with E-state index in [2.05, 4.69) is 0 Å².